The molecule has 0 saturated heterocycles. The Morgan fingerprint density at radius 2 is 1.90 bits per heavy atom. The van der Waals surface area contributed by atoms with Crippen LogP contribution < -0.4 is 0 Å². The summed E-state index contributed by atoms with van der Waals surface area (Å²) in [4.78, 5) is 29.4. The number of pyridine rings is 1. The standard InChI is InChI=1S/C23H17ClFN3O3/c1-12-9-18-21(26-11-12)20(15-8-7-14(10-17(15)25)23(30)31-3)27-28(18)22(29)19-13(2)5-4-6-16(19)24/h4-11H,1-3H3. The van der Waals surface area contributed by atoms with E-state index < -0.39 is 17.7 Å². The summed E-state index contributed by atoms with van der Waals surface area (Å²) in [5.41, 5.74) is 2.95. The van der Waals surface area contributed by atoms with Crippen molar-refractivity contribution in [1.29, 1.82) is 0 Å². The first kappa shape index (κ1) is 20.7. The quantitative estimate of drug-likeness (QED) is 0.422. The lowest BCUT2D eigenvalue weighted by Crippen LogP contribution is -2.15. The first-order chi connectivity index (χ1) is 14.8. The second-order valence-electron chi connectivity index (χ2n) is 7.06. The number of fused-ring (bicyclic) bond motifs is 1. The predicted octanol–water partition coefficient (Wildman–Crippen LogP) is 4.98. The molecule has 2 aromatic heterocycles. The zero-order chi connectivity index (χ0) is 22.3. The van der Waals surface area contributed by atoms with Gasteiger partial charge in [0.15, 0.2) is 0 Å². The summed E-state index contributed by atoms with van der Waals surface area (Å²) >= 11 is 6.29. The van der Waals surface area contributed by atoms with Crippen molar-refractivity contribution in [2.45, 2.75) is 13.8 Å². The number of hydrogen-bond donors (Lipinski definition) is 0. The van der Waals surface area contributed by atoms with Gasteiger partial charge in [-0.25, -0.2) is 9.18 Å². The van der Waals surface area contributed by atoms with Crippen molar-refractivity contribution in [1.82, 2.24) is 14.8 Å². The highest BCUT2D eigenvalue weighted by molar-refractivity contribution is 6.34. The molecule has 0 spiro atoms. The maximum atomic E-state index is 14.9. The minimum atomic E-state index is -0.682. The second-order valence-corrected chi connectivity index (χ2v) is 7.47. The maximum Gasteiger partial charge on any atom is 0.337 e. The first-order valence-corrected chi connectivity index (χ1v) is 9.73. The van der Waals surface area contributed by atoms with Gasteiger partial charge in [0.1, 0.15) is 17.0 Å². The van der Waals surface area contributed by atoms with E-state index >= 15 is 0 Å². The molecule has 0 radical (unpaired) electrons. The van der Waals surface area contributed by atoms with E-state index in [-0.39, 0.29) is 16.8 Å². The highest BCUT2D eigenvalue weighted by Gasteiger charge is 2.24. The number of methoxy groups -OCH3 is 1. The van der Waals surface area contributed by atoms with Gasteiger partial charge >= 0.3 is 5.97 Å². The van der Waals surface area contributed by atoms with Gasteiger partial charge in [-0.05, 0) is 55.3 Å². The topological polar surface area (TPSA) is 74.1 Å². The van der Waals surface area contributed by atoms with Gasteiger partial charge in [-0.3, -0.25) is 9.78 Å². The van der Waals surface area contributed by atoms with Crippen LogP contribution in [0.5, 0.6) is 0 Å². The molecule has 156 valence electrons. The molecule has 31 heavy (non-hydrogen) atoms. The summed E-state index contributed by atoms with van der Waals surface area (Å²) < 4.78 is 20.7. The van der Waals surface area contributed by atoms with Gasteiger partial charge < -0.3 is 4.74 Å². The lowest BCUT2D eigenvalue weighted by molar-refractivity contribution is 0.0600. The normalized spacial score (nSPS) is 11.0. The molecule has 0 aliphatic carbocycles. The van der Waals surface area contributed by atoms with Gasteiger partial charge in [0.25, 0.3) is 5.91 Å². The number of hydrogen-bond acceptors (Lipinski definition) is 5. The van der Waals surface area contributed by atoms with Crippen LogP contribution in [-0.2, 0) is 4.74 Å². The number of carbonyl (C=O) groups excluding carboxylic acids is 2. The molecule has 0 bridgehead atoms. The lowest BCUT2D eigenvalue weighted by Gasteiger charge is -2.08. The molecule has 0 amide bonds. The van der Waals surface area contributed by atoms with Crippen molar-refractivity contribution in [3.05, 3.63) is 81.8 Å². The third kappa shape index (κ3) is 3.57. The summed E-state index contributed by atoms with van der Waals surface area (Å²) in [5.74, 6) is -1.78. The van der Waals surface area contributed by atoms with E-state index in [0.29, 0.717) is 27.2 Å². The van der Waals surface area contributed by atoms with Crippen LogP contribution in [0, 0.1) is 19.7 Å². The highest BCUT2D eigenvalue weighted by atomic mass is 35.5. The van der Waals surface area contributed by atoms with Crippen molar-refractivity contribution in [2.24, 2.45) is 0 Å². The summed E-state index contributed by atoms with van der Waals surface area (Å²) in [5, 5.41) is 4.70. The Bertz CT molecular complexity index is 1340. The average Bonchev–Trinajstić information content (AvgIpc) is 3.11. The van der Waals surface area contributed by atoms with Gasteiger partial charge in [0.2, 0.25) is 0 Å². The molecule has 0 aliphatic heterocycles. The van der Waals surface area contributed by atoms with Crippen LogP contribution in [0.3, 0.4) is 0 Å². The van der Waals surface area contributed by atoms with Crippen molar-refractivity contribution >= 4 is 34.5 Å². The smallest absolute Gasteiger partial charge is 0.337 e. The second kappa shape index (κ2) is 7.92. The molecule has 4 aromatic rings. The largest absolute Gasteiger partial charge is 0.465 e. The average molecular weight is 438 g/mol. The van der Waals surface area contributed by atoms with E-state index in [0.717, 1.165) is 11.6 Å². The van der Waals surface area contributed by atoms with Gasteiger partial charge in [0.05, 0.1) is 28.8 Å². The summed E-state index contributed by atoms with van der Waals surface area (Å²) in [6.45, 7) is 3.61. The number of aryl methyl sites for hydroxylation is 2. The Labute approximate surface area is 182 Å². The zero-order valence-electron chi connectivity index (χ0n) is 16.9. The number of aromatic nitrogens is 3. The van der Waals surface area contributed by atoms with Gasteiger partial charge in [0, 0.05) is 11.8 Å². The monoisotopic (exact) mass is 437 g/mol. The molecule has 0 saturated carbocycles. The van der Waals surface area contributed by atoms with Gasteiger partial charge in [-0.1, -0.05) is 23.7 Å². The fourth-order valence-electron chi connectivity index (χ4n) is 3.40. The third-order valence-corrected chi connectivity index (χ3v) is 5.25. The zero-order valence-corrected chi connectivity index (χ0v) is 17.7. The molecule has 8 heteroatoms. The minimum absolute atomic E-state index is 0.0686. The van der Waals surface area contributed by atoms with Crippen LogP contribution in [0.1, 0.15) is 31.8 Å². The molecule has 2 heterocycles. The summed E-state index contributed by atoms with van der Waals surface area (Å²) in [7, 11) is 1.22. The Hall–Kier alpha value is -3.58. The molecular weight excluding hydrogens is 421 g/mol. The molecule has 4 rings (SSSR count). The molecule has 2 aromatic carbocycles. The molecule has 6 nitrogen and oxygen atoms in total. The number of benzene rings is 2. The van der Waals surface area contributed by atoms with Crippen LogP contribution in [0.2, 0.25) is 5.02 Å². The number of carbonyl (C=O) groups is 2. The van der Waals surface area contributed by atoms with Crippen molar-refractivity contribution in [3.8, 4) is 11.3 Å². The number of nitrogens with zero attached hydrogens (tertiary/aromatic N) is 3. The molecule has 0 unspecified atom stereocenters. The molecular formula is C23H17ClFN3O3. The summed E-state index contributed by atoms with van der Waals surface area (Å²) in [6.07, 6.45) is 1.61. The van der Waals surface area contributed by atoms with E-state index in [1.165, 1.54) is 23.9 Å². The van der Waals surface area contributed by atoms with Crippen LogP contribution in [-0.4, -0.2) is 33.8 Å². The molecule has 0 fully saturated rings. The van der Waals surface area contributed by atoms with Crippen LogP contribution in [0.15, 0.2) is 48.7 Å². The van der Waals surface area contributed by atoms with Crippen LogP contribution in [0.4, 0.5) is 4.39 Å². The van der Waals surface area contributed by atoms with Crippen LogP contribution >= 0.6 is 11.6 Å². The first-order valence-electron chi connectivity index (χ1n) is 9.35. The van der Waals surface area contributed by atoms with E-state index in [2.05, 4.69) is 14.8 Å². The van der Waals surface area contributed by atoms with Crippen LogP contribution in [0.25, 0.3) is 22.3 Å². The summed E-state index contributed by atoms with van der Waals surface area (Å²) in [6, 6.07) is 10.8. The van der Waals surface area contributed by atoms with E-state index in [9.17, 15) is 14.0 Å². The Morgan fingerprint density at radius 3 is 2.58 bits per heavy atom. The third-order valence-electron chi connectivity index (χ3n) is 4.93. The fourth-order valence-corrected chi connectivity index (χ4v) is 3.70. The highest BCUT2D eigenvalue weighted by Crippen LogP contribution is 2.31. The maximum absolute atomic E-state index is 14.9. The number of halogens is 2. The van der Waals surface area contributed by atoms with E-state index in [1.807, 2.05) is 6.92 Å². The number of ether oxygens (including phenoxy) is 1. The minimum Gasteiger partial charge on any atom is -0.465 e. The van der Waals surface area contributed by atoms with Crippen molar-refractivity contribution in [3.63, 3.8) is 0 Å². The Kier molecular flexibility index (Phi) is 5.29. The number of esters is 1. The fraction of sp³-hybridized carbons (Fsp3) is 0.130. The van der Waals surface area contributed by atoms with E-state index in [4.69, 9.17) is 11.6 Å². The van der Waals surface area contributed by atoms with E-state index in [1.54, 1.807) is 37.4 Å². The number of rotatable bonds is 3. The Morgan fingerprint density at radius 1 is 1.13 bits per heavy atom. The predicted molar refractivity (Wildman–Crippen MR) is 115 cm³/mol. The SMILES string of the molecule is COC(=O)c1ccc(-c2nn(C(=O)c3c(C)cccc3Cl)c3cc(C)cnc23)c(F)c1. The lowest BCUT2D eigenvalue weighted by atomic mass is 10.1. The molecule has 0 aliphatic rings. The van der Waals surface area contributed by atoms with Gasteiger partial charge in [-0.2, -0.15) is 9.78 Å². The Balaban J connectivity index is 1.94. The molecule has 0 atom stereocenters. The van der Waals surface area contributed by atoms with Gasteiger partial charge in [-0.15, -0.1) is 0 Å². The molecule has 0 N–H and O–H groups in total. The van der Waals surface area contributed by atoms with Crippen molar-refractivity contribution in [2.75, 3.05) is 7.11 Å². The van der Waals surface area contributed by atoms with Crippen molar-refractivity contribution < 1.29 is 18.7 Å².